The summed E-state index contributed by atoms with van der Waals surface area (Å²) in [7, 11) is 0. The van der Waals surface area contributed by atoms with Crippen LogP contribution in [0.3, 0.4) is 0 Å². The number of hydrogen-bond donors (Lipinski definition) is 1. The Bertz CT molecular complexity index is 1470. The quantitative estimate of drug-likeness (QED) is 0.433. The van der Waals surface area contributed by atoms with Crippen LogP contribution in [0.25, 0.3) is 33.7 Å². The summed E-state index contributed by atoms with van der Waals surface area (Å²) in [5, 5.41) is 8.06. The van der Waals surface area contributed by atoms with Crippen LogP contribution in [0.1, 0.15) is 5.56 Å². The third kappa shape index (κ3) is 3.70. The molecule has 7 nitrogen and oxygen atoms in total. The highest BCUT2D eigenvalue weighted by Crippen LogP contribution is 2.30. The lowest BCUT2D eigenvalue weighted by molar-refractivity contribution is -0.122. The first-order chi connectivity index (χ1) is 16.2. The molecule has 0 radical (unpaired) electrons. The predicted octanol–water partition coefficient (Wildman–Crippen LogP) is 4.89. The molecule has 0 saturated carbocycles. The minimum absolute atomic E-state index is 0.195. The summed E-state index contributed by atoms with van der Waals surface area (Å²) in [4.78, 5) is 21.6. The van der Waals surface area contributed by atoms with Gasteiger partial charge in [0.25, 0.3) is 11.8 Å². The highest BCUT2D eigenvalue weighted by atomic mass is 16.5. The monoisotopic (exact) mass is 434 g/mol. The second-order valence-electron chi connectivity index (χ2n) is 7.82. The van der Waals surface area contributed by atoms with E-state index in [0.717, 1.165) is 27.8 Å². The first-order valence-corrected chi connectivity index (χ1v) is 10.6. The van der Waals surface area contributed by atoms with Crippen molar-refractivity contribution in [2.75, 3.05) is 5.32 Å². The Balaban J connectivity index is 1.21. The largest absolute Gasteiger partial charge is 0.480 e. The second-order valence-corrected chi connectivity index (χ2v) is 7.82. The molecule has 1 aliphatic heterocycles. The Hall–Kier alpha value is -4.52. The van der Waals surface area contributed by atoms with E-state index in [1.165, 1.54) is 0 Å². The van der Waals surface area contributed by atoms with Gasteiger partial charge in [0.15, 0.2) is 6.10 Å². The van der Waals surface area contributed by atoms with Crippen molar-refractivity contribution < 1.29 is 14.1 Å². The number of fused-ring (bicyclic) bond motifs is 2. The minimum Gasteiger partial charge on any atom is -0.480 e. The van der Waals surface area contributed by atoms with Gasteiger partial charge >= 0.3 is 0 Å². The summed E-state index contributed by atoms with van der Waals surface area (Å²) in [6.07, 6.45) is 1.76. The Labute approximate surface area is 189 Å². The minimum atomic E-state index is -0.552. The SMILES string of the molecule is O=C(Nc1cccc(-c2nc(-c3ccc4ncccc4c3)no2)c1)C1Cc2ccccc2O1. The van der Waals surface area contributed by atoms with E-state index < -0.39 is 6.10 Å². The van der Waals surface area contributed by atoms with Crippen LogP contribution in [0.4, 0.5) is 5.69 Å². The lowest BCUT2D eigenvalue weighted by Crippen LogP contribution is -2.31. The van der Waals surface area contributed by atoms with Gasteiger partial charge in [0.2, 0.25) is 5.82 Å². The van der Waals surface area contributed by atoms with Crippen molar-refractivity contribution in [1.82, 2.24) is 15.1 Å². The molecule has 0 saturated heterocycles. The summed E-state index contributed by atoms with van der Waals surface area (Å²) in [5.41, 5.74) is 4.13. The van der Waals surface area contributed by atoms with Gasteiger partial charge in [-0.15, -0.1) is 0 Å². The van der Waals surface area contributed by atoms with Crippen molar-refractivity contribution in [3.05, 3.63) is 90.6 Å². The van der Waals surface area contributed by atoms with Crippen LogP contribution in [0, 0.1) is 0 Å². The number of carbonyl (C=O) groups is 1. The van der Waals surface area contributed by atoms with Gasteiger partial charge in [-0.1, -0.05) is 35.5 Å². The maximum Gasteiger partial charge on any atom is 0.265 e. The number of nitrogens with zero attached hydrogens (tertiary/aromatic N) is 3. The number of anilines is 1. The molecule has 0 fully saturated rings. The molecule has 1 N–H and O–H groups in total. The van der Waals surface area contributed by atoms with Crippen LogP contribution in [-0.4, -0.2) is 27.1 Å². The Morgan fingerprint density at radius 3 is 2.82 bits per heavy atom. The van der Waals surface area contributed by atoms with E-state index in [1.807, 2.05) is 78.9 Å². The standard InChI is InChI=1S/C26H18N4O3/c31-25(23-15-17-5-1-2-9-22(17)32-23)28-20-8-3-6-19(14-20)26-29-24(30-33-26)18-10-11-21-16(13-18)7-4-12-27-21/h1-14,23H,15H2,(H,28,31). The van der Waals surface area contributed by atoms with Crippen molar-refractivity contribution >= 4 is 22.5 Å². The van der Waals surface area contributed by atoms with Crippen molar-refractivity contribution in [1.29, 1.82) is 0 Å². The molecule has 0 spiro atoms. The number of amides is 1. The molecule has 1 aliphatic rings. The third-order valence-corrected chi connectivity index (χ3v) is 5.60. The van der Waals surface area contributed by atoms with Gasteiger partial charge in [0, 0.05) is 34.8 Å². The van der Waals surface area contributed by atoms with Crippen molar-refractivity contribution in [2.45, 2.75) is 12.5 Å². The number of rotatable bonds is 4. The number of pyridine rings is 1. The number of ether oxygens (including phenoxy) is 1. The first-order valence-electron chi connectivity index (χ1n) is 10.6. The van der Waals surface area contributed by atoms with Gasteiger partial charge in [-0.3, -0.25) is 9.78 Å². The predicted molar refractivity (Wildman–Crippen MR) is 124 cm³/mol. The van der Waals surface area contributed by atoms with Crippen LogP contribution < -0.4 is 10.1 Å². The second kappa shape index (κ2) is 7.87. The van der Waals surface area contributed by atoms with Gasteiger partial charge in [-0.05, 0) is 54.1 Å². The molecule has 2 aromatic heterocycles. The summed E-state index contributed by atoms with van der Waals surface area (Å²) in [5.74, 6) is 1.42. The van der Waals surface area contributed by atoms with Gasteiger partial charge in [-0.2, -0.15) is 4.98 Å². The number of para-hydroxylation sites is 1. The zero-order valence-electron chi connectivity index (χ0n) is 17.4. The summed E-state index contributed by atoms with van der Waals surface area (Å²) in [6, 6.07) is 24.7. The molecule has 33 heavy (non-hydrogen) atoms. The lowest BCUT2D eigenvalue weighted by Gasteiger charge is -2.11. The first kappa shape index (κ1) is 19.2. The molecule has 3 aromatic carbocycles. The molecule has 1 atom stereocenters. The third-order valence-electron chi connectivity index (χ3n) is 5.60. The van der Waals surface area contributed by atoms with Crippen LogP contribution in [0.5, 0.6) is 5.75 Å². The number of carbonyl (C=O) groups excluding carboxylic acids is 1. The lowest BCUT2D eigenvalue weighted by atomic mass is 10.1. The van der Waals surface area contributed by atoms with Crippen LogP contribution in [0.2, 0.25) is 0 Å². The van der Waals surface area contributed by atoms with E-state index in [9.17, 15) is 4.79 Å². The number of aromatic nitrogens is 3. The fourth-order valence-corrected chi connectivity index (χ4v) is 3.95. The normalized spacial score (nSPS) is 14.6. The number of benzene rings is 3. The molecule has 7 heteroatoms. The number of nitrogens with one attached hydrogen (secondary N) is 1. The van der Waals surface area contributed by atoms with E-state index in [2.05, 4.69) is 20.4 Å². The smallest absolute Gasteiger partial charge is 0.265 e. The van der Waals surface area contributed by atoms with Gasteiger partial charge in [0.1, 0.15) is 5.75 Å². The van der Waals surface area contributed by atoms with Crippen molar-refractivity contribution in [2.24, 2.45) is 0 Å². The summed E-state index contributed by atoms with van der Waals surface area (Å²) in [6.45, 7) is 0. The molecule has 6 rings (SSSR count). The summed E-state index contributed by atoms with van der Waals surface area (Å²) < 4.78 is 11.3. The Kier molecular flexibility index (Phi) is 4.58. The zero-order chi connectivity index (χ0) is 22.2. The van der Waals surface area contributed by atoms with Gasteiger partial charge < -0.3 is 14.6 Å². The highest BCUT2D eigenvalue weighted by Gasteiger charge is 2.28. The fourth-order valence-electron chi connectivity index (χ4n) is 3.95. The van der Waals surface area contributed by atoms with E-state index in [1.54, 1.807) is 6.20 Å². The molecule has 160 valence electrons. The number of hydrogen-bond acceptors (Lipinski definition) is 6. The molecule has 0 aliphatic carbocycles. The highest BCUT2D eigenvalue weighted by molar-refractivity contribution is 5.95. The van der Waals surface area contributed by atoms with Crippen LogP contribution >= 0.6 is 0 Å². The molecule has 0 bridgehead atoms. The van der Waals surface area contributed by atoms with Crippen molar-refractivity contribution in [3.63, 3.8) is 0 Å². The van der Waals surface area contributed by atoms with E-state index in [-0.39, 0.29) is 5.91 Å². The molecular formula is C26H18N4O3. The van der Waals surface area contributed by atoms with Gasteiger partial charge in [0.05, 0.1) is 5.52 Å². The van der Waals surface area contributed by atoms with Crippen molar-refractivity contribution in [3.8, 4) is 28.6 Å². The molecule has 1 amide bonds. The Morgan fingerprint density at radius 1 is 0.939 bits per heavy atom. The zero-order valence-corrected chi connectivity index (χ0v) is 17.4. The van der Waals surface area contributed by atoms with Crippen LogP contribution in [-0.2, 0) is 11.2 Å². The maximum absolute atomic E-state index is 12.7. The average Bonchev–Trinajstić information content (AvgIpc) is 3.52. The maximum atomic E-state index is 12.7. The fraction of sp³-hybridized carbons (Fsp3) is 0.0769. The Morgan fingerprint density at radius 2 is 1.88 bits per heavy atom. The van der Waals surface area contributed by atoms with E-state index in [0.29, 0.717) is 29.4 Å². The molecule has 1 unspecified atom stereocenters. The molecular weight excluding hydrogens is 416 g/mol. The topological polar surface area (TPSA) is 90.1 Å². The van der Waals surface area contributed by atoms with Crippen LogP contribution in [0.15, 0.2) is 89.6 Å². The van der Waals surface area contributed by atoms with E-state index in [4.69, 9.17) is 9.26 Å². The molecule has 5 aromatic rings. The molecule has 3 heterocycles. The van der Waals surface area contributed by atoms with E-state index >= 15 is 0 Å². The van der Waals surface area contributed by atoms with Gasteiger partial charge in [-0.25, -0.2) is 0 Å². The summed E-state index contributed by atoms with van der Waals surface area (Å²) >= 11 is 0. The average molecular weight is 434 g/mol.